The van der Waals surface area contributed by atoms with Crippen LogP contribution in [0.25, 0.3) is 0 Å². The molecule has 4 nitrogen and oxygen atoms in total. The van der Waals surface area contributed by atoms with Gasteiger partial charge in [-0.05, 0) is 50.0 Å². The molecule has 0 bridgehead atoms. The van der Waals surface area contributed by atoms with Crippen molar-refractivity contribution in [3.8, 4) is 0 Å². The van der Waals surface area contributed by atoms with Gasteiger partial charge in [0.2, 0.25) is 0 Å². The van der Waals surface area contributed by atoms with E-state index < -0.39 is 0 Å². The molecule has 1 atom stereocenters. The maximum atomic E-state index is 6.27. The van der Waals surface area contributed by atoms with Crippen molar-refractivity contribution in [1.82, 2.24) is 9.78 Å². The molecule has 1 heterocycles. The predicted molar refractivity (Wildman–Crippen MR) is 72.9 cm³/mol. The van der Waals surface area contributed by atoms with Gasteiger partial charge in [-0.3, -0.25) is 4.68 Å². The van der Waals surface area contributed by atoms with Gasteiger partial charge < -0.3 is 10.5 Å². The molecular formula is C12H22BrN3O. The van der Waals surface area contributed by atoms with Crippen LogP contribution in [0.5, 0.6) is 0 Å². The van der Waals surface area contributed by atoms with Crippen LogP contribution in [0.2, 0.25) is 0 Å². The van der Waals surface area contributed by atoms with E-state index in [9.17, 15) is 0 Å². The SMILES string of the molecule is COC(C)(C)CC(N)c1c(Br)cnn1C(C)C. The van der Waals surface area contributed by atoms with Crippen molar-refractivity contribution in [2.24, 2.45) is 5.73 Å². The minimum absolute atomic E-state index is 0.0933. The van der Waals surface area contributed by atoms with Crippen molar-refractivity contribution in [2.45, 2.75) is 51.8 Å². The van der Waals surface area contributed by atoms with E-state index in [1.165, 1.54) is 0 Å². The Balaban J connectivity index is 2.96. The Morgan fingerprint density at radius 3 is 2.59 bits per heavy atom. The van der Waals surface area contributed by atoms with Crippen molar-refractivity contribution >= 4 is 15.9 Å². The highest BCUT2D eigenvalue weighted by molar-refractivity contribution is 9.10. The van der Waals surface area contributed by atoms with Crippen LogP contribution < -0.4 is 5.73 Å². The molecule has 98 valence electrons. The van der Waals surface area contributed by atoms with Gasteiger partial charge in [-0.2, -0.15) is 5.10 Å². The number of hydrogen-bond donors (Lipinski definition) is 1. The maximum absolute atomic E-state index is 6.27. The standard InChI is InChI=1S/C12H22BrN3O/c1-8(2)16-11(9(13)7-15-16)10(14)6-12(3,4)17-5/h7-8,10H,6,14H2,1-5H3. The van der Waals surface area contributed by atoms with E-state index in [0.29, 0.717) is 6.04 Å². The first-order chi connectivity index (χ1) is 7.78. The van der Waals surface area contributed by atoms with Crippen molar-refractivity contribution in [2.75, 3.05) is 7.11 Å². The van der Waals surface area contributed by atoms with Crippen LogP contribution in [0.1, 0.15) is 51.9 Å². The van der Waals surface area contributed by atoms with Gasteiger partial charge in [-0.25, -0.2) is 0 Å². The first kappa shape index (κ1) is 14.7. The molecule has 17 heavy (non-hydrogen) atoms. The summed E-state index contributed by atoms with van der Waals surface area (Å²) < 4.78 is 8.34. The molecule has 0 fully saturated rings. The molecular weight excluding hydrogens is 282 g/mol. The average molecular weight is 304 g/mol. The Labute approximate surface area is 112 Å². The smallest absolute Gasteiger partial charge is 0.0697 e. The number of halogens is 1. The molecule has 0 radical (unpaired) electrons. The summed E-state index contributed by atoms with van der Waals surface area (Å²) in [7, 11) is 1.71. The molecule has 2 N–H and O–H groups in total. The first-order valence-electron chi connectivity index (χ1n) is 5.82. The van der Waals surface area contributed by atoms with E-state index in [2.05, 4.69) is 34.9 Å². The topological polar surface area (TPSA) is 53.1 Å². The Kier molecular flexibility index (Phi) is 4.75. The Morgan fingerprint density at radius 2 is 2.12 bits per heavy atom. The summed E-state index contributed by atoms with van der Waals surface area (Å²) in [5.74, 6) is 0. The van der Waals surface area contributed by atoms with Crippen LogP contribution in [0.15, 0.2) is 10.7 Å². The van der Waals surface area contributed by atoms with Gasteiger partial charge in [0.1, 0.15) is 0 Å². The van der Waals surface area contributed by atoms with E-state index in [0.717, 1.165) is 16.6 Å². The summed E-state index contributed by atoms with van der Waals surface area (Å²) in [6, 6.07) is 0.206. The molecule has 0 aromatic carbocycles. The summed E-state index contributed by atoms with van der Waals surface area (Å²) in [6.45, 7) is 8.27. The summed E-state index contributed by atoms with van der Waals surface area (Å²) in [5, 5.41) is 4.34. The number of hydrogen-bond acceptors (Lipinski definition) is 3. The highest BCUT2D eigenvalue weighted by Gasteiger charge is 2.26. The number of nitrogens with zero attached hydrogens (tertiary/aromatic N) is 2. The van der Waals surface area contributed by atoms with Crippen molar-refractivity contribution in [1.29, 1.82) is 0 Å². The van der Waals surface area contributed by atoms with Gasteiger partial charge in [0.05, 0.1) is 28.0 Å². The molecule has 1 unspecified atom stereocenters. The van der Waals surface area contributed by atoms with Crippen molar-refractivity contribution in [3.05, 3.63) is 16.4 Å². The fourth-order valence-corrected chi connectivity index (χ4v) is 2.39. The highest BCUT2D eigenvalue weighted by atomic mass is 79.9. The third-order valence-corrected chi connectivity index (χ3v) is 3.50. The van der Waals surface area contributed by atoms with E-state index in [-0.39, 0.29) is 11.6 Å². The van der Waals surface area contributed by atoms with Gasteiger partial charge in [0, 0.05) is 13.2 Å². The average Bonchev–Trinajstić information content (AvgIpc) is 2.59. The second-order valence-corrected chi connectivity index (χ2v) is 6.04. The molecule has 5 heteroatoms. The van der Waals surface area contributed by atoms with E-state index >= 15 is 0 Å². The van der Waals surface area contributed by atoms with Gasteiger partial charge in [0.15, 0.2) is 0 Å². The zero-order valence-corrected chi connectivity index (χ0v) is 12.8. The van der Waals surface area contributed by atoms with Gasteiger partial charge in [-0.15, -0.1) is 0 Å². The van der Waals surface area contributed by atoms with Crippen molar-refractivity contribution in [3.63, 3.8) is 0 Å². The number of aromatic nitrogens is 2. The minimum Gasteiger partial charge on any atom is -0.379 e. The summed E-state index contributed by atoms with van der Waals surface area (Å²) in [6.07, 6.45) is 2.55. The molecule has 1 rings (SSSR count). The second-order valence-electron chi connectivity index (χ2n) is 5.19. The van der Waals surface area contributed by atoms with Crippen LogP contribution in [-0.4, -0.2) is 22.5 Å². The lowest BCUT2D eigenvalue weighted by Gasteiger charge is -2.27. The summed E-state index contributed by atoms with van der Waals surface area (Å²) in [5.41, 5.74) is 7.07. The van der Waals surface area contributed by atoms with Crippen LogP contribution >= 0.6 is 15.9 Å². The van der Waals surface area contributed by atoms with E-state index in [1.54, 1.807) is 13.3 Å². The largest absolute Gasteiger partial charge is 0.379 e. The number of nitrogens with two attached hydrogens (primary N) is 1. The zero-order valence-electron chi connectivity index (χ0n) is 11.2. The lowest BCUT2D eigenvalue weighted by Crippen LogP contribution is -2.30. The monoisotopic (exact) mass is 303 g/mol. The lowest BCUT2D eigenvalue weighted by atomic mass is 9.97. The molecule has 1 aromatic heterocycles. The van der Waals surface area contributed by atoms with Crippen LogP contribution in [-0.2, 0) is 4.74 Å². The molecule has 0 saturated heterocycles. The molecule has 1 aromatic rings. The van der Waals surface area contributed by atoms with Crippen LogP contribution in [0.3, 0.4) is 0 Å². The van der Waals surface area contributed by atoms with Crippen LogP contribution in [0, 0.1) is 0 Å². The number of methoxy groups -OCH3 is 1. The zero-order chi connectivity index (χ0) is 13.2. The first-order valence-corrected chi connectivity index (χ1v) is 6.61. The lowest BCUT2D eigenvalue weighted by molar-refractivity contribution is 0.00922. The molecule has 0 aliphatic heterocycles. The fourth-order valence-electron chi connectivity index (χ4n) is 1.82. The Bertz CT molecular complexity index is 374. The van der Waals surface area contributed by atoms with E-state index in [4.69, 9.17) is 10.5 Å². The Morgan fingerprint density at radius 1 is 1.53 bits per heavy atom. The van der Waals surface area contributed by atoms with Crippen LogP contribution in [0.4, 0.5) is 0 Å². The van der Waals surface area contributed by atoms with Gasteiger partial charge >= 0.3 is 0 Å². The van der Waals surface area contributed by atoms with E-state index in [1.807, 2.05) is 18.5 Å². The third-order valence-electron chi connectivity index (χ3n) is 2.89. The summed E-state index contributed by atoms with van der Waals surface area (Å²) in [4.78, 5) is 0. The normalized spacial score (nSPS) is 14.4. The second kappa shape index (κ2) is 5.50. The van der Waals surface area contributed by atoms with Crippen molar-refractivity contribution < 1.29 is 4.74 Å². The minimum atomic E-state index is -0.231. The predicted octanol–water partition coefficient (Wildman–Crippen LogP) is 3.04. The van der Waals surface area contributed by atoms with Gasteiger partial charge in [0.25, 0.3) is 0 Å². The maximum Gasteiger partial charge on any atom is 0.0697 e. The molecule has 0 spiro atoms. The quantitative estimate of drug-likeness (QED) is 0.909. The molecule has 0 aliphatic carbocycles. The molecule has 0 amide bonds. The Hall–Kier alpha value is -0.390. The highest BCUT2D eigenvalue weighted by Crippen LogP contribution is 2.30. The summed E-state index contributed by atoms with van der Waals surface area (Å²) >= 11 is 3.51. The molecule has 0 saturated carbocycles. The van der Waals surface area contributed by atoms with Gasteiger partial charge in [-0.1, -0.05) is 0 Å². The number of rotatable bonds is 5. The fraction of sp³-hybridized carbons (Fsp3) is 0.750. The number of ether oxygens (including phenoxy) is 1. The molecule has 0 aliphatic rings. The third kappa shape index (κ3) is 3.53.